The van der Waals surface area contributed by atoms with Gasteiger partial charge >= 0.3 is 96.9 Å². The molecule has 0 aromatic rings. The van der Waals surface area contributed by atoms with E-state index in [-0.39, 0.29) is 24.4 Å². The Balaban J connectivity index is 0. The Bertz CT molecular complexity index is 76.8. The van der Waals surface area contributed by atoms with Crippen molar-refractivity contribution in [3.63, 3.8) is 0 Å². The van der Waals surface area contributed by atoms with E-state index in [0.29, 0.717) is 0 Å². The molecule has 0 saturated heterocycles. The van der Waals surface area contributed by atoms with Crippen LogP contribution in [0.2, 0.25) is 0 Å². The van der Waals surface area contributed by atoms with Gasteiger partial charge in [0.1, 0.15) is 0 Å². The first kappa shape index (κ1) is 15.0. The first-order chi connectivity index (χ1) is 4.46. The summed E-state index contributed by atoms with van der Waals surface area (Å²) in [4.78, 5) is 0. The Kier molecular flexibility index (Phi) is 9.51. The summed E-state index contributed by atoms with van der Waals surface area (Å²) in [5.41, 5.74) is 0. The molecular weight excluding hydrogens is 358 g/mol. The summed E-state index contributed by atoms with van der Waals surface area (Å²) >= 11 is -1.51. The fraction of sp³-hybridized carbons (Fsp3) is 1.00. The fourth-order valence-electron chi connectivity index (χ4n) is 1.20. The molecule has 0 N–H and O–H groups in total. The third-order valence-corrected chi connectivity index (χ3v) is 8.05. The van der Waals surface area contributed by atoms with Crippen LogP contribution in [0, 0.1) is 0 Å². The monoisotopic (exact) mass is 377 g/mol. The van der Waals surface area contributed by atoms with Crippen molar-refractivity contribution in [2.75, 3.05) is 42.3 Å². The van der Waals surface area contributed by atoms with Crippen molar-refractivity contribution in [3.05, 3.63) is 0 Å². The average molecular weight is 379 g/mol. The molecule has 0 unspecified atom stereocenters. The van der Waals surface area contributed by atoms with E-state index in [1.807, 2.05) is 0 Å². The molecule has 0 amide bonds. The summed E-state index contributed by atoms with van der Waals surface area (Å²) in [7, 11) is 13.0. The molecule has 70 valence electrons. The molecule has 0 aliphatic carbocycles. The van der Waals surface area contributed by atoms with E-state index in [1.165, 1.54) is 0 Å². The van der Waals surface area contributed by atoms with Gasteiger partial charge in [0.05, 0.1) is 0 Å². The Morgan fingerprint density at radius 1 is 0.636 bits per heavy atom. The van der Waals surface area contributed by atoms with Crippen LogP contribution in [0.25, 0.3) is 0 Å². The van der Waals surface area contributed by atoms with Crippen LogP contribution < -0.4 is 0 Å². The van der Waals surface area contributed by atoms with Crippen molar-refractivity contribution in [1.82, 2.24) is 9.18 Å². The fourth-order valence-corrected chi connectivity index (χ4v) is 8.05. The van der Waals surface area contributed by atoms with Gasteiger partial charge in [0.2, 0.25) is 0 Å². The van der Waals surface area contributed by atoms with Crippen LogP contribution in [0.3, 0.4) is 0 Å². The standard InChI is InChI=1S/3C2H6N.2Sb.3H/c3*1-3-2;;;;;/h3*1-2H3;;;;;/q3*-1;;+3;;;. The molecule has 11 heavy (non-hydrogen) atoms. The zero-order chi connectivity index (χ0) is 8.31. The van der Waals surface area contributed by atoms with Crippen molar-refractivity contribution >= 4 is 45.5 Å². The van der Waals surface area contributed by atoms with E-state index in [0.717, 1.165) is 0 Å². The number of hydrogen-bond donors (Lipinski definition) is 0. The third-order valence-electron chi connectivity index (χ3n) is 1.20. The van der Waals surface area contributed by atoms with Crippen molar-refractivity contribution in [2.45, 2.75) is 0 Å². The molecule has 0 rings (SSSR count). The molecule has 0 aromatic carbocycles. The average Bonchev–Trinajstić information content (AvgIpc) is 1.59. The van der Waals surface area contributed by atoms with E-state index in [9.17, 15) is 0 Å². The Morgan fingerprint density at radius 2 is 0.818 bits per heavy atom. The normalized spacial score (nSPS) is 11.5. The molecule has 0 spiro atoms. The summed E-state index contributed by atoms with van der Waals surface area (Å²) in [5, 5.41) is 0. The van der Waals surface area contributed by atoms with Gasteiger partial charge in [-0.2, -0.15) is 0 Å². The number of nitrogens with zero attached hydrogens (tertiary/aromatic N) is 3. The van der Waals surface area contributed by atoms with Gasteiger partial charge in [-0.05, 0) is 0 Å². The second-order valence-corrected chi connectivity index (χ2v) is 12.4. The van der Waals surface area contributed by atoms with Crippen LogP contribution in [0.15, 0.2) is 0 Å². The summed E-state index contributed by atoms with van der Waals surface area (Å²) in [5.74, 6) is 0. The van der Waals surface area contributed by atoms with Gasteiger partial charge in [0, 0.05) is 0 Å². The van der Waals surface area contributed by atoms with Gasteiger partial charge < -0.3 is 0 Å². The van der Waals surface area contributed by atoms with Crippen molar-refractivity contribution in [3.8, 4) is 0 Å². The van der Waals surface area contributed by atoms with Crippen molar-refractivity contribution in [1.29, 1.82) is 0 Å². The molecule has 3 nitrogen and oxygen atoms in total. The first-order valence-corrected chi connectivity index (χ1v) is 7.18. The Labute approximate surface area is 96.2 Å². The van der Waals surface area contributed by atoms with Crippen LogP contribution >= 0.6 is 0 Å². The van der Waals surface area contributed by atoms with Crippen LogP contribution in [-0.4, -0.2) is 96.9 Å². The van der Waals surface area contributed by atoms with E-state index < -0.39 is 21.0 Å². The summed E-state index contributed by atoms with van der Waals surface area (Å²) in [6.45, 7) is 0. The van der Waals surface area contributed by atoms with Crippen LogP contribution in [0.5, 0.6) is 0 Å². The van der Waals surface area contributed by atoms with Gasteiger partial charge in [-0.1, -0.05) is 0 Å². The molecule has 0 atom stereocenters. The van der Waals surface area contributed by atoms with Crippen LogP contribution in [0.1, 0.15) is 0 Å². The minimum atomic E-state index is -1.51. The molecule has 2 radical (unpaired) electrons. The van der Waals surface area contributed by atoms with E-state index in [1.54, 1.807) is 0 Å². The number of hydrogen-bond acceptors (Lipinski definition) is 3. The Morgan fingerprint density at radius 3 is 0.818 bits per heavy atom. The Hall–Kier alpha value is 1.52. The number of rotatable bonds is 3. The molecule has 0 aliphatic heterocycles. The van der Waals surface area contributed by atoms with Crippen LogP contribution in [-0.2, 0) is 0 Å². The predicted molar refractivity (Wildman–Crippen MR) is 56.8 cm³/mol. The summed E-state index contributed by atoms with van der Waals surface area (Å²) < 4.78 is 7.09. The predicted octanol–water partition coefficient (Wildman–Crippen LogP) is -1.53. The minimum absolute atomic E-state index is 0. The molecule has 0 aliphatic rings. The first-order valence-electron chi connectivity index (χ1n) is 3.35. The van der Waals surface area contributed by atoms with Crippen LogP contribution in [0.4, 0.5) is 0 Å². The maximum absolute atomic E-state index is 2.36. The molecule has 0 saturated carbocycles. The van der Waals surface area contributed by atoms with Crippen molar-refractivity contribution in [2.24, 2.45) is 0 Å². The van der Waals surface area contributed by atoms with E-state index >= 15 is 0 Å². The topological polar surface area (TPSA) is 9.72 Å². The van der Waals surface area contributed by atoms with Gasteiger partial charge in [0.25, 0.3) is 0 Å². The van der Waals surface area contributed by atoms with Gasteiger partial charge in [0.15, 0.2) is 0 Å². The second-order valence-electron chi connectivity index (χ2n) is 2.98. The summed E-state index contributed by atoms with van der Waals surface area (Å²) in [6.07, 6.45) is 0. The zero-order valence-corrected chi connectivity index (χ0v) is 14.6. The van der Waals surface area contributed by atoms with Gasteiger partial charge in [-0.15, -0.1) is 0 Å². The summed E-state index contributed by atoms with van der Waals surface area (Å²) in [6, 6.07) is 0. The molecular formula is C6H21N3Sb2. The quantitative estimate of drug-likeness (QED) is 0.552. The molecule has 5 heteroatoms. The van der Waals surface area contributed by atoms with E-state index in [4.69, 9.17) is 0 Å². The van der Waals surface area contributed by atoms with E-state index in [2.05, 4.69) is 51.5 Å². The third kappa shape index (κ3) is 5.71. The van der Waals surface area contributed by atoms with Gasteiger partial charge in [-0.25, -0.2) is 0 Å². The maximum atomic E-state index is 2.36. The molecule has 0 heterocycles. The van der Waals surface area contributed by atoms with Crippen molar-refractivity contribution < 1.29 is 0 Å². The zero-order valence-electron chi connectivity index (χ0n) is 8.42. The van der Waals surface area contributed by atoms with Gasteiger partial charge in [-0.3, -0.25) is 0 Å². The molecule has 0 fully saturated rings. The SMILES string of the molecule is C[N](C)[SbH]([N](C)C)[N](C)C.[SbH2]. The molecule has 0 bridgehead atoms. The second kappa shape index (κ2) is 6.97. The molecule has 0 aromatic heterocycles.